The predicted molar refractivity (Wildman–Crippen MR) is 77.8 cm³/mol. The molecule has 0 spiro atoms. The summed E-state index contributed by atoms with van der Waals surface area (Å²) < 4.78 is 20.7. The standard InChI is InChI=1S/C14H18BFN2O3/c1-3-10(2)18-5-4-13(17-18)9-21-14-7-11(15(19)20)6-12(16)8-14/h4-8,10,19-20H,3,9H2,1-2H3. The Bertz CT molecular complexity index is 604. The molecule has 0 radical (unpaired) electrons. The van der Waals surface area contributed by atoms with Crippen LogP contribution in [-0.2, 0) is 6.61 Å². The highest BCUT2D eigenvalue weighted by Crippen LogP contribution is 2.14. The zero-order valence-electron chi connectivity index (χ0n) is 12.0. The first-order valence-corrected chi connectivity index (χ1v) is 6.83. The Morgan fingerprint density at radius 3 is 2.81 bits per heavy atom. The molecule has 21 heavy (non-hydrogen) atoms. The van der Waals surface area contributed by atoms with Crippen molar-refractivity contribution < 1.29 is 19.2 Å². The highest BCUT2D eigenvalue weighted by Gasteiger charge is 2.14. The lowest BCUT2D eigenvalue weighted by molar-refractivity contribution is 0.296. The smallest absolute Gasteiger partial charge is 0.487 e. The van der Waals surface area contributed by atoms with Gasteiger partial charge in [-0.15, -0.1) is 0 Å². The van der Waals surface area contributed by atoms with Gasteiger partial charge in [0.05, 0.1) is 5.69 Å². The topological polar surface area (TPSA) is 67.5 Å². The van der Waals surface area contributed by atoms with Gasteiger partial charge in [-0.3, -0.25) is 4.68 Å². The van der Waals surface area contributed by atoms with Gasteiger partial charge < -0.3 is 14.8 Å². The van der Waals surface area contributed by atoms with Crippen molar-refractivity contribution in [3.63, 3.8) is 0 Å². The summed E-state index contributed by atoms with van der Waals surface area (Å²) in [4.78, 5) is 0. The molecule has 0 fully saturated rings. The molecule has 0 aliphatic carbocycles. The second-order valence-corrected chi connectivity index (χ2v) is 4.93. The largest absolute Gasteiger partial charge is 0.488 e. The van der Waals surface area contributed by atoms with E-state index in [-0.39, 0.29) is 17.8 Å². The van der Waals surface area contributed by atoms with E-state index in [9.17, 15) is 4.39 Å². The minimum Gasteiger partial charge on any atom is -0.487 e. The van der Waals surface area contributed by atoms with Gasteiger partial charge >= 0.3 is 7.12 Å². The quantitative estimate of drug-likeness (QED) is 0.786. The Labute approximate surface area is 123 Å². The van der Waals surface area contributed by atoms with E-state index < -0.39 is 12.9 Å². The molecule has 5 nitrogen and oxygen atoms in total. The summed E-state index contributed by atoms with van der Waals surface area (Å²) in [6.45, 7) is 4.34. The van der Waals surface area contributed by atoms with Crippen LogP contribution in [0.3, 0.4) is 0 Å². The molecule has 1 aromatic heterocycles. The fraction of sp³-hybridized carbons (Fsp3) is 0.357. The molecule has 0 aliphatic heterocycles. The number of halogens is 1. The summed E-state index contributed by atoms with van der Waals surface area (Å²) in [5.41, 5.74) is 0.779. The number of nitrogens with zero attached hydrogens (tertiary/aromatic N) is 2. The minimum atomic E-state index is -1.73. The Kier molecular flexibility index (Phi) is 4.98. The molecule has 112 valence electrons. The third-order valence-electron chi connectivity index (χ3n) is 3.28. The van der Waals surface area contributed by atoms with Crippen molar-refractivity contribution in [3.8, 4) is 5.75 Å². The van der Waals surface area contributed by atoms with Crippen LogP contribution in [0.1, 0.15) is 32.0 Å². The maximum Gasteiger partial charge on any atom is 0.488 e. The number of hydrogen-bond donors (Lipinski definition) is 2. The Morgan fingerprint density at radius 2 is 2.14 bits per heavy atom. The molecule has 1 aromatic carbocycles. The Balaban J connectivity index is 2.04. The number of hydrogen-bond acceptors (Lipinski definition) is 4. The maximum absolute atomic E-state index is 13.3. The van der Waals surface area contributed by atoms with E-state index in [2.05, 4.69) is 18.9 Å². The summed E-state index contributed by atoms with van der Waals surface area (Å²) >= 11 is 0. The van der Waals surface area contributed by atoms with Crippen molar-refractivity contribution >= 4 is 12.6 Å². The molecule has 0 amide bonds. The van der Waals surface area contributed by atoms with Gasteiger partial charge in [0.2, 0.25) is 0 Å². The fourth-order valence-electron chi connectivity index (χ4n) is 1.86. The molecule has 0 aliphatic rings. The molecule has 2 rings (SSSR count). The van der Waals surface area contributed by atoms with Crippen LogP contribution in [0.4, 0.5) is 4.39 Å². The number of benzene rings is 1. The van der Waals surface area contributed by atoms with Crippen molar-refractivity contribution in [2.45, 2.75) is 32.9 Å². The third kappa shape index (κ3) is 4.06. The molecule has 1 heterocycles. The lowest BCUT2D eigenvalue weighted by Crippen LogP contribution is -2.30. The molecule has 2 N–H and O–H groups in total. The summed E-state index contributed by atoms with van der Waals surface area (Å²) in [7, 11) is -1.73. The molecular weight excluding hydrogens is 274 g/mol. The first kappa shape index (κ1) is 15.5. The first-order valence-electron chi connectivity index (χ1n) is 6.83. The second kappa shape index (κ2) is 6.73. The van der Waals surface area contributed by atoms with Crippen LogP contribution in [0, 0.1) is 5.82 Å². The average molecular weight is 292 g/mol. The molecule has 0 saturated carbocycles. The van der Waals surface area contributed by atoms with Gasteiger partial charge in [0.25, 0.3) is 0 Å². The van der Waals surface area contributed by atoms with Gasteiger partial charge in [-0.1, -0.05) is 6.92 Å². The molecule has 2 aromatic rings. The van der Waals surface area contributed by atoms with E-state index in [1.807, 2.05) is 16.9 Å². The summed E-state index contributed by atoms with van der Waals surface area (Å²) in [6, 6.07) is 5.78. The van der Waals surface area contributed by atoms with Crippen molar-refractivity contribution in [1.29, 1.82) is 0 Å². The lowest BCUT2D eigenvalue weighted by Gasteiger charge is -2.09. The zero-order valence-corrected chi connectivity index (χ0v) is 12.0. The van der Waals surface area contributed by atoms with E-state index >= 15 is 0 Å². The first-order chi connectivity index (χ1) is 9.99. The third-order valence-corrected chi connectivity index (χ3v) is 3.28. The van der Waals surface area contributed by atoms with Crippen LogP contribution in [0.5, 0.6) is 5.75 Å². The molecular formula is C14H18BFN2O3. The van der Waals surface area contributed by atoms with Gasteiger partial charge in [-0.2, -0.15) is 5.10 Å². The van der Waals surface area contributed by atoms with Gasteiger partial charge in [0.1, 0.15) is 18.2 Å². The summed E-state index contributed by atoms with van der Waals surface area (Å²) in [5, 5.41) is 22.5. The molecule has 1 atom stereocenters. The Morgan fingerprint density at radius 1 is 1.38 bits per heavy atom. The van der Waals surface area contributed by atoms with E-state index in [1.165, 1.54) is 12.1 Å². The van der Waals surface area contributed by atoms with Crippen LogP contribution in [0.25, 0.3) is 0 Å². The maximum atomic E-state index is 13.3. The van der Waals surface area contributed by atoms with E-state index in [0.29, 0.717) is 6.04 Å². The average Bonchev–Trinajstić information content (AvgIpc) is 2.92. The number of ether oxygens (including phenoxy) is 1. The van der Waals surface area contributed by atoms with Crippen LogP contribution < -0.4 is 10.2 Å². The van der Waals surface area contributed by atoms with E-state index in [1.54, 1.807) is 0 Å². The normalized spacial score (nSPS) is 12.2. The SMILES string of the molecule is CCC(C)n1ccc(COc2cc(F)cc(B(O)O)c2)n1. The van der Waals surface area contributed by atoms with Crippen LogP contribution in [0.15, 0.2) is 30.5 Å². The van der Waals surface area contributed by atoms with E-state index in [0.717, 1.165) is 18.2 Å². The van der Waals surface area contributed by atoms with Crippen LogP contribution in [0.2, 0.25) is 0 Å². The summed E-state index contributed by atoms with van der Waals surface area (Å²) in [6.07, 6.45) is 2.85. The van der Waals surface area contributed by atoms with Crippen molar-refractivity contribution in [2.24, 2.45) is 0 Å². The van der Waals surface area contributed by atoms with Gasteiger partial charge in [0.15, 0.2) is 0 Å². The minimum absolute atomic E-state index is 0.0511. The molecule has 7 heteroatoms. The van der Waals surface area contributed by atoms with E-state index in [4.69, 9.17) is 14.8 Å². The van der Waals surface area contributed by atoms with Crippen molar-refractivity contribution in [1.82, 2.24) is 9.78 Å². The molecule has 0 bridgehead atoms. The van der Waals surface area contributed by atoms with Crippen molar-refractivity contribution in [2.75, 3.05) is 0 Å². The van der Waals surface area contributed by atoms with Gasteiger partial charge in [-0.05, 0) is 37.0 Å². The highest BCUT2D eigenvalue weighted by atomic mass is 19.1. The molecule has 0 saturated heterocycles. The zero-order chi connectivity index (χ0) is 15.4. The van der Waals surface area contributed by atoms with Gasteiger partial charge in [-0.25, -0.2) is 4.39 Å². The van der Waals surface area contributed by atoms with Crippen LogP contribution >= 0.6 is 0 Å². The van der Waals surface area contributed by atoms with Crippen LogP contribution in [-0.4, -0.2) is 26.9 Å². The lowest BCUT2D eigenvalue weighted by atomic mass is 9.80. The predicted octanol–water partition coefficient (Wildman–Crippen LogP) is 1.25. The monoisotopic (exact) mass is 292 g/mol. The van der Waals surface area contributed by atoms with Gasteiger partial charge in [0, 0.05) is 18.3 Å². The number of rotatable bonds is 6. The number of aromatic nitrogens is 2. The second-order valence-electron chi connectivity index (χ2n) is 4.93. The highest BCUT2D eigenvalue weighted by molar-refractivity contribution is 6.58. The Hall–Kier alpha value is -1.86. The summed E-state index contributed by atoms with van der Waals surface area (Å²) in [5.74, 6) is -0.350. The molecule has 1 unspecified atom stereocenters. The fourth-order valence-corrected chi connectivity index (χ4v) is 1.86. The van der Waals surface area contributed by atoms with Crippen molar-refractivity contribution in [3.05, 3.63) is 42.0 Å².